The molecule has 1 rings (SSSR count). The molecule has 0 bridgehead atoms. The highest BCUT2D eigenvalue weighted by Crippen LogP contribution is 2.22. The number of unbranched alkanes of at least 4 members (excludes halogenated alkanes) is 3. The topological polar surface area (TPSA) is 30.5 Å². The Morgan fingerprint density at radius 1 is 1.10 bits per heavy atom. The minimum absolute atomic E-state index is 0.162. The van der Waals surface area contributed by atoms with Crippen molar-refractivity contribution in [2.45, 2.75) is 51.7 Å². The molecule has 1 N–H and O–H groups in total. The third-order valence-electron chi connectivity index (χ3n) is 3.63. The zero-order valence-corrected chi connectivity index (χ0v) is 13.3. The fraction of sp³-hybridized carbons (Fsp3) is 0.647. The Morgan fingerprint density at radius 3 is 2.35 bits per heavy atom. The Labute approximate surface area is 123 Å². The van der Waals surface area contributed by atoms with E-state index in [4.69, 9.17) is 9.47 Å². The second-order valence-electron chi connectivity index (χ2n) is 5.18. The normalized spacial score (nSPS) is 14.0. The highest BCUT2D eigenvalue weighted by Gasteiger charge is 2.17. The van der Waals surface area contributed by atoms with Gasteiger partial charge in [0.15, 0.2) is 0 Å². The van der Waals surface area contributed by atoms with Crippen LogP contribution in [-0.2, 0) is 4.74 Å². The molecular weight excluding hydrogens is 250 g/mol. The van der Waals surface area contributed by atoms with Crippen molar-refractivity contribution in [1.82, 2.24) is 5.32 Å². The molecule has 1 aromatic rings. The number of ether oxygens (including phenoxy) is 2. The molecule has 0 aliphatic rings. The fourth-order valence-electron chi connectivity index (χ4n) is 2.38. The summed E-state index contributed by atoms with van der Waals surface area (Å²) in [6.45, 7) is 5.20. The Bertz CT molecular complexity index is 351. The first-order valence-corrected chi connectivity index (χ1v) is 7.65. The van der Waals surface area contributed by atoms with Crippen LogP contribution < -0.4 is 10.1 Å². The van der Waals surface area contributed by atoms with E-state index >= 15 is 0 Å². The van der Waals surface area contributed by atoms with Crippen LogP contribution in [0.3, 0.4) is 0 Å². The average Bonchev–Trinajstić information content (AvgIpc) is 2.48. The van der Waals surface area contributed by atoms with Crippen LogP contribution >= 0.6 is 0 Å². The van der Waals surface area contributed by atoms with E-state index in [-0.39, 0.29) is 12.1 Å². The lowest BCUT2D eigenvalue weighted by Crippen LogP contribution is -2.29. The van der Waals surface area contributed by atoms with Crippen LogP contribution in [0.1, 0.15) is 51.1 Å². The average molecular weight is 279 g/mol. The molecule has 0 fully saturated rings. The lowest BCUT2D eigenvalue weighted by atomic mass is 10.0. The summed E-state index contributed by atoms with van der Waals surface area (Å²) >= 11 is 0. The second-order valence-corrected chi connectivity index (χ2v) is 5.18. The van der Waals surface area contributed by atoms with Crippen molar-refractivity contribution < 1.29 is 9.47 Å². The van der Waals surface area contributed by atoms with Gasteiger partial charge in [-0.05, 0) is 38.1 Å². The van der Waals surface area contributed by atoms with Gasteiger partial charge in [0.25, 0.3) is 0 Å². The van der Waals surface area contributed by atoms with Crippen molar-refractivity contribution >= 4 is 0 Å². The molecule has 0 amide bonds. The Kier molecular flexibility index (Phi) is 8.31. The number of benzene rings is 1. The molecule has 0 heterocycles. The first-order chi connectivity index (χ1) is 9.72. The molecule has 114 valence electrons. The lowest BCUT2D eigenvalue weighted by Gasteiger charge is -2.24. The van der Waals surface area contributed by atoms with Gasteiger partial charge < -0.3 is 14.8 Å². The Hall–Kier alpha value is -1.06. The number of methoxy groups -OCH3 is 1. The van der Waals surface area contributed by atoms with Crippen molar-refractivity contribution in [2.75, 3.05) is 20.8 Å². The van der Waals surface area contributed by atoms with Crippen molar-refractivity contribution in [3.8, 4) is 5.75 Å². The van der Waals surface area contributed by atoms with Gasteiger partial charge >= 0.3 is 0 Å². The molecule has 0 spiro atoms. The van der Waals surface area contributed by atoms with E-state index in [2.05, 4.69) is 31.3 Å². The number of likely N-dealkylation sites (N-methyl/N-ethyl adjacent to an activating group) is 1. The van der Waals surface area contributed by atoms with Gasteiger partial charge in [0.1, 0.15) is 5.75 Å². The molecule has 2 unspecified atom stereocenters. The van der Waals surface area contributed by atoms with Gasteiger partial charge in [0.2, 0.25) is 0 Å². The summed E-state index contributed by atoms with van der Waals surface area (Å²) in [5, 5.41) is 3.34. The van der Waals surface area contributed by atoms with Crippen molar-refractivity contribution in [2.24, 2.45) is 0 Å². The molecule has 0 aliphatic carbocycles. The summed E-state index contributed by atoms with van der Waals surface area (Å²) in [6, 6.07) is 8.39. The maximum Gasteiger partial charge on any atom is 0.118 e. The van der Waals surface area contributed by atoms with Crippen LogP contribution in [0.15, 0.2) is 24.3 Å². The zero-order chi connectivity index (χ0) is 14.8. The summed E-state index contributed by atoms with van der Waals surface area (Å²) in [6.07, 6.45) is 5.13. The van der Waals surface area contributed by atoms with Gasteiger partial charge in [-0.25, -0.2) is 0 Å². The van der Waals surface area contributed by atoms with E-state index in [0.717, 1.165) is 18.8 Å². The molecule has 1 aromatic carbocycles. The van der Waals surface area contributed by atoms with Crippen molar-refractivity contribution in [3.05, 3.63) is 29.8 Å². The summed E-state index contributed by atoms with van der Waals surface area (Å²) in [5.41, 5.74) is 1.23. The van der Waals surface area contributed by atoms with Crippen LogP contribution in [0.2, 0.25) is 0 Å². The van der Waals surface area contributed by atoms with Crippen LogP contribution in [-0.4, -0.2) is 26.9 Å². The highest BCUT2D eigenvalue weighted by atomic mass is 16.5. The van der Waals surface area contributed by atoms with Crippen LogP contribution in [0.4, 0.5) is 0 Å². The van der Waals surface area contributed by atoms with E-state index in [1.165, 1.54) is 24.8 Å². The van der Waals surface area contributed by atoms with Gasteiger partial charge in [0.05, 0.1) is 19.3 Å². The molecule has 0 aliphatic heterocycles. The first-order valence-electron chi connectivity index (χ1n) is 7.65. The van der Waals surface area contributed by atoms with Gasteiger partial charge in [0, 0.05) is 6.61 Å². The number of rotatable bonds is 10. The smallest absolute Gasteiger partial charge is 0.118 e. The third-order valence-corrected chi connectivity index (χ3v) is 3.63. The predicted molar refractivity (Wildman–Crippen MR) is 84.4 cm³/mol. The first kappa shape index (κ1) is 17.0. The van der Waals surface area contributed by atoms with Crippen LogP contribution in [0, 0.1) is 0 Å². The quantitative estimate of drug-likeness (QED) is 0.658. The maximum atomic E-state index is 5.96. The summed E-state index contributed by atoms with van der Waals surface area (Å²) in [4.78, 5) is 0. The van der Waals surface area contributed by atoms with E-state index in [1.807, 2.05) is 19.2 Å². The Morgan fingerprint density at radius 2 is 1.80 bits per heavy atom. The molecule has 2 atom stereocenters. The number of nitrogens with one attached hydrogen (secondary N) is 1. The molecule has 0 aromatic heterocycles. The van der Waals surface area contributed by atoms with E-state index in [0.29, 0.717) is 0 Å². The minimum atomic E-state index is 0.162. The molecule has 0 saturated heterocycles. The summed E-state index contributed by atoms with van der Waals surface area (Å²) in [5.74, 6) is 0.886. The summed E-state index contributed by atoms with van der Waals surface area (Å²) in [7, 11) is 3.67. The van der Waals surface area contributed by atoms with Crippen molar-refractivity contribution in [1.29, 1.82) is 0 Å². The van der Waals surface area contributed by atoms with Gasteiger partial charge in [-0.3, -0.25) is 0 Å². The van der Waals surface area contributed by atoms with E-state index in [9.17, 15) is 0 Å². The predicted octanol–water partition coefficient (Wildman–Crippen LogP) is 3.94. The highest BCUT2D eigenvalue weighted by molar-refractivity contribution is 5.29. The van der Waals surface area contributed by atoms with Crippen LogP contribution in [0.5, 0.6) is 5.75 Å². The van der Waals surface area contributed by atoms with E-state index in [1.54, 1.807) is 7.11 Å². The minimum Gasteiger partial charge on any atom is -0.497 e. The summed E-state index contributed by atoms with van der Waals surface area (Å²) < 4.78 is 11.2. The number of hydrogen-bond donors (Lipinski definition) is 1. The van der Waals surface area contributed by atoms with Crippen molar-refractivity contribution in [3.63, 3.8) is 0 Å². The lowest BCUT2D eigenvalue weighted by molar-refractivity contribution is 0.0380. The largest absolute Gasteiger partial charge is 0.497 e. The standard InChI is InChI=1S/C17H29NO2/c1-5-6-7-8-13-20-14(2)17(18-3)15-9-11-16(19-4)12-10-15/h9-12,14,17-18H,5-8,13H2,1-4H3. The molecular formula is C17H29NO2. The van der Waals surface area contributed by atoms with E-state index < -0.39 is 0 Å². The molecule has 0 saturated carbocycles. The SMILES string of the molecule is CCCCCCOC(C)C(NC)c1ccc(OC)cc1. The fourth-order valence-corrected chi connectivity index (χ4v) is 2.38. The van der Waals surface area contributed by atoms with Gasteiger partial charge in [-0.15, -0.1) is 0 Å². The second kappa shape index (κ2) is 9.78. The maximum absolute atomic E-state index is 5.96. The third kappa shape index (κ3) is 5.51. The zero-order valence-electron chi connectivity index (χ0n) is 13.3. The molecule has 3 heteroatoms. The molecule has 0 radical (unpaired) electrons. The van der Waals surface area contributed by atoms with Crippen LogP contribution in [0.25, 0.3) is 0 Å². The monoisotopic (exact) mass is 279 g/mol. The molecule has 3 nitrogen and oxygen atoms in total. The number of hydrogen-bond acceptors (Lipinski definition) is 3. The molecule has 20 heavy (non-hydrogen) atoms. The van der Waals surface area contributed by atoms with Gasteiger partial charge in [-0.2, -0.15) is 0 Å². The van der Waals surface area contributed by atoms with Gasteiger partial charge in [-0.1, -0.05) is 38.3 Å². The Balaban J connectivity index is 2.46.